The third-order valence-electron chi connectivity index (χ3n) is 4.87. The molecule has 0 radical (unpaired) electrons. The second-order valence-electron chi connectivity index (χ2n) is 6.80. The van der Waals surface area contributed by atoms with E-state index in [1.807, 2.05) is 6.07 Å². The first-order chi connectivity index (χ1) is 13.3. The third kappa shape index (κ3) is 5.08. The van der Waals surface area contributed by atoms with Gasteiger partial charge in [0, 0.05) is 0 Å². The standard InChI is InChI=1S/C14H14.C13H14/c1-2-12-8-10-14(11-9-12)13-6-4-3-5-7-13;1-2-6-11-8-5-9-12-7-3-4-10-13(11)12/h3-11H,2H2,1H3;3-5,7-10H,2,6H2,1H3. The summed E-state index contributed by atoms with van der Waals surface area (Å²) in [4.78, 5) is 0. The van der Waals surface area contributed by atoms with Crippen molar-refractivity contribution in [3.63, 3.8) is 0 Å². The Morgan fingerprint density at radius 3 is 1.89 bits per heavy atom. The number of aryl methyl sites for hydroxylation is 2. The monoisotopic (exact) mass is 352 g/mol. The van der Waals surface area contributed by atoms with Gasteiger partial charge in [0.05, 0.1) is 0 Å². The molecule has 0 unspecified atom stereocenters. The molecule has 0 saturated carbocycles. The summed E-state index contributed by atoms with van der Waals surface area (Å²) in [5, 5.41) is 2.76. The van der Waals surface area contributed by atoms with Crippen molar-refractivity contribution in [1.29, 1.82) is 0 Å². The Labute approximate surface area is 163 Å². The Bertz CT molecular complexity index is 945. The van der Waals surface area contributed by atoms with Gasteiger partial charge in [-0.15, -0.1) is 0 Å². The molecule has 0 atom stereocenters. The number of fused-ring (bicyclic) bond motifs is 1. The minimum absolute atomic E-state index is 1.11. The minimum atomic E-state index is 1.11. The fourth-order valence-electron chi connectivity index (χ4n) is 3.34. The highest BCUT2D eigenvalue weighted by atomic mass is 14.0. The van der Waals surface area contributed by atoms with Gasteiger partial charge in [-0.05, 0) is 45.9 Å². The lowest BCUT2D eigenvalue weighted by Crippen LogP contribution is -1.84. The molecule has 0 bridgehead atoms. The molecule has 0 spiro atoms. The zero-order chi connectivity index (χ0) is 18.9. The summed E-state index contributed by atoms with van der Waals surface area (Å²) in [6.45, 7) is 4.40. The highest BCUT2D eigenvalue weighted by Gasteiger charge is 1.97. The van der Waals surface area contributed by atoms with Crippen molar-refractivity contribution in [2.24, 2.45) is 0 Å². The van der Waals surface area contributed by atoms with Crippen molar-refractivity contribution in [2.75, 3.05) is 0 Å². The van der Waals surface area contributed by atoms with Crippen LogP contribution in [-0.2, 0) is 12.8 Å². The first-order valence-electron chi connectivity index (χ1n) is 9.92. The molecule has 0 aliphatic carbocycles. The summed E-state index contributed by atoms with van der Waals surface area (Å²) < 4.78 is 0. The van der Waals surface area contributed by atoms with Crippen LogP contribution >= 0.6 is 0 Å². The maximum Gasteiger partial charge on any atom is -0.0152 e. The summed E-state index contributed by atoms with van der Waals surface area (Å²) in [5.74, 6) is 0. The largest absolute Gasteiger partial charge is 0.0651 e. The van der Waals surface area contributed by atoms with Gasteiger partial charge < -0.3 is 0 Å². The number of hydrogen-bond donors (Lipinski definition) is 0. The zero-order valence-electron chi connectivity index (χ0n) is 16.4. The average molecular weight is 353 g/mol. The van der Waals surface area contributed by atoms with Gasteiger partial charge in [0.1, 0.15) is 0 Å². The van der Waals surface area contributed by atoms with Crippen molar-refractivity contribution in [3.8, 4) is 11.1 Å². The van der Waals surface area contributed by atoms with Crippen LogP contribution in [-0.4, -0.2) is 0 Å². The average Bonchev–Trinajstić information content (AvgIpc) is 2.75. The predicted molar refractivity (Wildman–Crippen MR) is 119 cm³/mol. The van der Waals surface area contributed by atoms with Gasteiger partial charge in [-0.2, -0.15) is 0 Å². The van der Waals surface area contributed by atoms with Crippen molar-refractivity contribution < 1.29 is 0 Å². The molecule has 27 heavy (non-hydrogen) atoms. The van der Waals surface area contributed by atoms with Crippen LogP contribution in [0.1, 0.15) is 31.4 Å². The molecule has 4 rings (SSSR count). The summed E-state index contributed by atoms with van der Waals surface area (Å²) >= 11 is 0. The topological polar surface area (TPSA) is 0 Å². The second-order valence-corrected chi connectivity index (χ2v) is 6.80. The number of hydrogen-bond acceptors (Lipinski definition) is 0. The SMILES string of the molecule is CCCc1cccc2ccccc12.CCc1ccc(-c2ccccc2)cc1. The van der Waals surface area contributed by atoms with E-state index in [4.69, 9.17) is 0 Å². The summed E-state index contributed by atoms with van der Waals surface area (Å²) in [6, 6.07) is 34.4. The van der Waals surface area contributed by atoms with E-state index in [1.165, 1.54) is 45.9 Å². The molecule has 0 fully saturated rings. The minimum Gasteiger partial charge on any atom is -0.0651 e. The van der Waals surface area contributed by atoms with Gasteiger partial charge in [0.25, 0.3) is 0 Å². The Kier molecular flexibility index (Phi) is 6.82. The van der Waals surface area contributed by atoms with Gasteiger partial charge in [-0.1, -0.05) is 117 Å². The lowest BCUT2D eigenvalue weighted by molar-refractivity contribution is 0.930. The lowest BCUT2D eigenvalue weighted by Gasteiger charge is -2.03. The molecule has 0 aliphatic rings. The van der Waals surface area contributed by atoms with E-state index in [0.29, 0.717) is 0 Å². The molecule has 136 valence electrons. The number of benzene rings is 4. The molecule has 4 aromatic rings. The van der Waals surface area contributed by atoms with E-state index in [1.54, 1.807) is 0 Å². The third-order valence-corrected chi connectivity index (χ3v) is 4.87. The van der Waals surface area contributed by atoms with Gasteiger partial charge in [0.15, 0.2) is 0 Å². The normalized spacial score (nSPS) is 10.3. The van der Waals surface area contributed by atoms with E-state index < -0.39 is 0 Å². The van der Waals surface area contributed by atoms with Crippen LogP contribution in [0.15, 0.2) is 97.1 Å². The summed E-state index contributed by atoms with van der Waals surface area (Å²) in [5.41, 5.74) is 5.45. The lowest BCUT2D eigenvalue weighted by atomic mass is 10.0. The zero-order valence-corrected chi connectivity index (χ0v) is 16.4. The molecule has 0 heterocycles. The Morgan fingerprint density at radius 2 is 1.19 bits per heavy atom. The fourth-order valence-corrected chi connectivity index (χ4v) is 3.34. The van der Waals surface area contributed by atoms with Crippen LogP contribution in [0, 0.1) is 0 Å². The summed E-state index contributed by atoms with van der Waals surface area (Å²) in [6.07, 6.45) is 3.50. The van der Waals surface area contributed by atoms with Crippen molar-refractivity contribution >= 4 is 10.8 Å². The maximum absolute atomic E-state index is 2.23. The van der Waals surface area contributed by atoms with Gasteiger partial charge >= 0.3 is 0 Å². The molecule has 0 nitrogen and oxygen atoms in total. The van der Waals surface area contributed by atoms with Crippen LogP contribution in [0.25, 0.3) is 21.9 Å². The quantitative estimate of drug-likeness (QED) is 0.353. The Hall–Kier alpha value is -2.86. The smallest absolute Gasteiger partial charge is 0.0152 e. The van der Waals surface area contributed by atoms with E-state index >= 15 is 0 Å². The van der Waals surface area contributed by atoms with Crippen LogP contribution in [0.5, 0.6) is 0 Å². The van der Waals surface area contributed by atoms with Gasteiger partial charge in [-0.3, -0.25) is 0 Å². The molecule has 0 saturated heterocycles. The maximum atomic E-state index is 2.23. The van der Waals surface area contributed by atoms with Gasteiger partial charge in [0.2, 0.25) is 0 Å². The van der Waals surface area contributed by atoms with Crippen molar-refractivity contribution in [3.05, 3.63) is 108 Å². The van der Waals surface area contributed by atoms with E-state index in [9.17, 15) is 0 Å². The van der Waals surface area contributed by atoms with E-state index in [-0.39, 0.29) is 0 Å². The molecular formula is C27H28. The van der Waals surface area contributed by atoms with Gasteiger partial charge in [-0.25, -0.2) is 0 Å². The van der Waals surface area contributed by atoms with Crippen molar-refractivity contribution in [1.82, 2.24) is 0 Å². The molecule has 0 N–H and O–H groups in total. The second kappa shape index (κ2) is 9.73. The highest BCUT2D eigenvalue weighted by molar-refractivity contribution is 5.85. The molecule has 4 aromatic carbocycles. The first-order valence-corrected chi connectivity index (χ1v) is 9.92. The molecule has 0 aromatic heterocycles. The highest BCUT2D eigenvalue weighted by Crippen LogP contribution is 2.20. The van der Waals surface area contributed by atoms with E-state index in [0.717, 1.165) is 6.42 Å². The Morgan fingerprint density at radius 1 is 0.556 bits per heavy atom. The van der Waals surface area contributed by atoms with Crippen LogP contribution in [0.2, 0.25) is 0 Å². The molecule has 0 amide bonds. The van der Waals surface area contributed by atoms with E-state index in [2.05, 4.69) is 105 Å². The molecule has 0 heteroatoms. The fraction of sp³-hybridized carbons (Fsp3) is 0.185. The Balaban J connectivity index is 0.000000156. The predicted octanol–water partition coefficient (Wildman–Crippen LogP) is 7.71. The van der Waals surface area contributed by atoms with Crippen LogP contribution in [0.4, 0.5) is 0 Å². The van der Waals surface area contributed by atoms with Crippen LogP contribution < -0.4 is 0 Å². The van der Waals surface area contributed by atoms with Crippen molar-refractivity contribution in [2.45, 2.75) is 33.1 Å². The summed E-state index contributed by atoms with van der Waals surface area (Å²) in [7, 11) is 0. The number of rotatable bonds is 4. The molecule has 0 aliphatic heterocycles. The van der Waals surface area contributed by atoms with Crippen LogP contribution in [0.3, 0.4) is 0 Å². The first kappa shape index (κ1) is 18.9. The molecular weight excluding hydrogens is 324 g/mol.